The molecule has 0 fully saturated rings. The number of aromatic nitrogens is 2. The Morgan fingerprint density at radius 2 is 1.21 bits per heavy atom. The largest absolute Gasteiger partial charge is 0.453 e. The summed E-state index contributed by atoms with van der Waals surface area (Å²) in [6.45, 7) is 0. The minimum atomic E-state index is -0.111. The Morgan fingerprint density at radius 3 is 1.88 bits per heavy atom. The van der Waals surface area contributed by atoms with Crippen LogP contribution in [0.3, 0.4) is 0 Å². The molecule has 34 heavy (non-hydrogen) atoms. The van der Waals surface area contributed by atoms with E-state index in [1.54, 1.807) is 0 Å². The van der Waals surface area contributed by atoms with Gasteiger partial charge in [-0.05, 0) is 6.07 Å². The first-order chi connectivity index (χ1) is 16.8. The molecular weight excluding hydrogens is 420 g/mol. The number of carbonyl (C=O) groups excluding carboxylic acids is 1. The zero-order chi connectivity index (χ0) is 22.9. The van der Waals surface area contributed by atoms with Gasteiger partial charge in [0.15, 0.2) is 11.5 Å². The van der Waals surface area contributed by atoms with Crippen molar-refractivity contribution in [3.05, 3.63) is 133 Å². The minimum absolute atomic E-state index is 0.111. The van der Waals surface area contributed by atoms with Crippen LogP contribution in [0.2, 0.25) is 0 Å². The average Bonchev–Trinajstić information content (AvgIpc) is 3.51. The average molecular weight is 441 g/mol. The van der Waals surface area contributed by atoms with Gasteiger partial charge in [-0.25, -0.2) is 4.68 Å². The van der Waals surface area contributed by atoms with Gasteiger partial charge in [0, 0.05) is 22.1 Å². The molecule has 0 bridgehead atoms. The van der Waals surface area contributed by atoms with Crippen molar-refractivity contribution in [2.24, 2.45) is 0 Å². The molecule has 4 heteroatoms. The third-order valence-corrected chi connectivity index (χ3v) is 5.91. The fourth-order valence-corrected chi connectivity index (χ4v) is 4.30. The molecule has 0 saturated heterocycles. The Labute approximate surface area is 196 Å². The van der Waals surface area contributed by atoms with Gasteiger partial charge in [-0.15, -0.1) is 0 Å². The first-order valence-corrected chi connectivity index (χ1v) is 11.1. The lowest BCUT2D eigenvalue weighted by molar-refractivity contribution is 0.103. The number of benzene rings is 4. The van der Waals surface area contributed by atoms with Crippen LogP contribution >= 0.6 is 0 Å². The van der Waals surface area contributed by atoms with E-state index in [1.165, 1.54) is 0 Å². The molecule has 162 valence electrons. The van der Waals surface area contributed by atoms with Gasteiger partial charge >= 0.3 is 0 Å². The van der Waals surface area contributed by atoms with Crippen LogP contribution in [0.1, 0.15) is 15.9 Å². The van der Waals surface area contributed by atoms with Crippen LogP contribution in [0.15, 0.2) is 126 Å². The maximum Gasteiger partial charge on any atom is 0.199 e. The Balaban J connectivity index is 1.73. The van der Waals surface area contributed by atoms with E-state index in [9.17, 15) is 4.79 Å². The minimum Gasteiger partial charge on any atom is -0.453 e. The van der Waals surface area contributed by atoms with E-state index >= 15 is 0 Å². The molecule has 0 radical (unpaired) electrons. The second-order valence-corrected chi connectivity index (χ2v) is 8.03. The number of furan rings is 1. The van der Waals surface area contributed by atoms with E-state index < -0.39 is 0 Å². The summed E-state index contributed by atoms with van der Waals surface area (Å²) >= 11 is 0. The van der Waals surface area contributed by atoms with Crippen LogP contribution < -0.4 is 0 Å². The molecule has 0 amide bonds. The van der Waals surface area contributed by atoms with Crippen molar-refractivity contribution in [1.29, 1.82) is 0 Å². The Bertz CT molecular complexity index is 1600. The molecule has 2 aromatic heterocycles. The summed E-state index contributed by atoms with van der Waals surface area (Å²) in [7, 11) is 0. The molecule has 0 unspecified atom stereocenters. The van der Waals surface area contributed by atoms with Gasteiger partial charge < -0.3 is 4.42 Å². The van der Waals surface area contributed by atoms with E-state index in [0.717, 1.165) is 22.0 Å². The van der Waals surface area contributed by atoms with Crippen LogP contribution in [0.4, 0.5) is 0 Å². The predicted molar refractivity (Wildman–Crippen MR) is 134 cm³/mol. The maximum atomic E-state index is 14.0. The van der Waals surface area contributed by atoms with Crippen molar-refractivity contribution in [3.8, 4) is 28.3 Å². The van der Waals surface area contributed by atoms with E-state index in [1.807, 2.05) is 126 Å². The van der Waals surface area contributed by atoms with Crippen molar-refractivity contribution in [1.82, 2.24) is 9.78 Å². The van der Waals surface area contributed by atoms with Gasteiger partial charge in [-0.1, -0.05) is 109 Å². The fraction of sp³-hybridized carbons (Fsp3) is 0. The molecule has 0 aliphatic carbocycles. The topological polar surface area (TPSA) is 48.0 Å². The molecule has 0 N–H and O–H groups in total. The summed E-state index contributed by atoms with van der Waals surface area (Å²) in [5.74, 6) is 1.02. The highest BCUT2D eigenvalue weighted by atomic mass is 16.3. The lowest BCUT2D eigenvalue weighted by atomic mass is 9.97. The molecule has 0 saturated carbocycles. The fourth-order valence-electron chi connectivity index (χ4n) is 4.30. The molecule has 0 spiro atoms. The Hall–Kier alpha value is -4.70. The second kappa shape index (κ2) is 8.34. The predicted octanol–water partition coefficient (Wildman–Crippen LogP) is 7.18. The lowest BCUT2D eigenvalue weighted by Crippen LogP contribution is -2.08. The number of carbonyl (C=O) groups is 1. The third kappa shape index (κ3) is 3.33. The summed E-state index contributed by atoms with van der Waals surface area (Å²) in [5.41, 5.74) is 4.34. The van der Waals surface area contributed by atoms with Crippen LogP contribution in [0.25, 0.3) is 39.2 Å². The molecule has 6 rings (SSSR count). The van der Waals surface area contributed by atoms with E-state index in [4.69, 9.17) is 9.52 Å². The van der Waals surface area contributed by atoms with E-state index in [2.05, 4.69) is 0 Å². The van der Waals surface area contributed by atoms with Gasteiger partial charge in [0.2, 0.25) is 0 Å². The standard InChI is InChI=1S/C30H20N2O2/c33-28(21-12-4-1-5-13-21)26-27(32-25-19-11-10-18-24(25)20-31-32)30(23-16-8-3-9-17-23)34-29(26)22-14-6-2-7-15-22/h1-20H. The number of hydrogen-bond donors (Lipinski definition) is 0. The third-order valence-electron chi connectivity index (χ3n) is 5.91. The zero-order valence-electron chi connectivity index (χ0n) is 18.3. The summed E-state index contributed by atoms with van der Waals surface area (Å²) in [5, 5.41) is 5.69. The lowest BCUT2D eigenvalue weighted by Gasteiger charge is -2.09. The Morgan fingerprint density at radius 1 is 0.647 bits per heavy atom. The highest BCUT2D eigenvalue weighted by Crippen LogP contribution is 2.41. The van der Waals surface area contributed by atoms with E-state index in [-0.39, 0.29) is 5.78 Å². The van der Waals surface area contributed by atoms with Gasteiger partial charge in [0.05, 0.1) is 17.3 Å². The number of rotatable bonds is 5. The smallest absolute Gasteiger partial charge is 0.199 e. The quantitative estimate of drug-likeness (QED) is 0.267. The van der Waals surface area contributed by atoms with Crippen LogP contribution in [0.5, 0.6) is 0 Å². The molecule has 0 atom stereocenters. The number of fused-ring (bicyclic) bond motifs is 1. The highest BCUT2D eigenvalue weighted by molar-refractivity contribution is 6.16. The van der Waals surface area contributed by atoms with Crippen molar-refractivity contribution in [3.63, 3.8) is 0 Å². The van der Waals surface area contributed by atoms with Crippen molar-refractivity contribution in [2.75, 3.05) is 0 Å². The highest BCUT2D eigenvalue weighted by Gasteiger charge is 2.30. The number of nitrogens with zero attached hydrogens (tertiary/aromatic N) is 2. The van der Waals surface area contributed by atoms with Gasteiger partial charge in [-0.3, -0.25) is 4.79 Å². The summed E-state index contributed by atoms with van der Waals surface area (Å²) in [6.07, 6.45) is 1.82. The molecule has 6 aromatic rings. The first-order valence-electron chi connectivity index (χ1n) is 11.1. The van der Waals surface area contributed by atoms with Crippen molar-refractivity contribution < 1.29 is 9.21 Å². The molecule has 4 aromatic carbocycles. The molecule has 0 aliphatic rings. The van der Waals surface area contributed by atoms with Crippen LogP contribution in [0, 0.1) is 0 Å². The number of hydrogen-bond acceptors (Lipinski definition) is 3. The van der Waals surface area contributed by atoms with Crippen LogP contribution in [-0.4, -0.2) is 15.6 Å². The summed E-state index contributed by atoms with van der Waals surface area (Å²) in [6, 6.07) is 36.9. The Kier molecular flexibility index (Phi) is 4.89. The molecular formula is C30H20N2O2. The number of para-hydroxylation sites is 1. The van der Waals surface area contributed by atoms with Crippen molar-refractivity contribution in [2.45, 2.75) is 0 Å². The number of ketones is 1. The van der Waals surface area contributed by atoms with Gasteiger partial charge in [-0.2, -0.15) is 5.10 Å². The van der Waals surface area contributed by atoms with E-state index in [0.29, 0.717) is 28.3 Å². The summed E-state index contributed by atoms with van der Waals surface area (Å²) in [4.78, 5) is 14.0. The molecule has 0 aliphatic heterocycles. The SMILES string of the molecule is O=C(c1ccccc1)c1c(-c2ccccc2)oc(-c2ccccc2)c1-n1ncc2ccccc21. The molecule has 2 heterocycles. The molecule has 4 nitrogen and oxygen atoms in total. The second-order valence-electron chi connectivity index (χ2n) is 8.03. The first kappa shape index (κ1) is 19.9. The van der Waals surface area contributed by atoms with Crippen molar-refractivity contribution >= 4 is 16.7 Å². The van der Waals surface area contributed by atoms with Gasteiger partial charge in [0.1, 0.15) is 11.4 Å². The van der Waals surface area contributed by atoms with Gasteiger partial charge in [0.25, 0.3) is 0 Å². The maximum absolute atomic E-state index is 14.0. The zero-order valence-corrected chi connectivity index (χ0v) is 18.3. The van der Waals surface area contributed by atoms with Crippen LogP contribution in [-0.2, 0) is 0 Å². The summed E-state index contributed by atoms with van der Waals surface area (Å²) < 4.78 is 8.37. The normalized spacial score (nSPS) is 11.1. The monoisotopic (exact) mass is 440 g/mol.